The van der Waals surface area contributed by atoms with Crippen molar-refractivity contribution in [1.29, 1.82) is 0 Å². The number of benzene rings is 1. The second-order valence-corrected chi connectivity index (χ2v) is 5.07. The van der Waals surface area contributed by atoms with Gasteiger partial charge in [-0.1, -0.05) is 36.4 Å². The Bertz CT molecular complexity index is 702. The summed E-state index contributed by atoms with van der Waals surface area (Å²) in [5.41, 5.74) is 2.42. The first-order chi connectivity index (χ1) is 9.42. The number of rotatable bonds is 3. The highest BCUT2D eigenvalue weighted by Gasteiger charge is 2.38. The summed E-state index contributed by atoms with van der Waals surface area (Å²) in [5, 5.41) is 3.62. The zero-order chi connectivity index (χ0) is 12.7. The number of anilines is 1. The quantitative estimate of drug-likeness (QED) is 0.771. The summed E-state index contributed by atoms with van der Waals surface area (Å²) in [7, 11) is 0. The molecular weight excluding hydrogens is 234 g/mol. The van der Waals surface area contributed by atoms with Crippen LogP contribution < -0.4 is 5.32 Å². The lowest BCUT2D eigenvalue weighted by atomic mass is 10.1. The smallest absolute Gasteiger partial charge is 0.138 e. The normalized spacial score (nSPS) is 21.5. The van der Waals surface area contributed by atoms with Gasteiger partial charge in [-0.05, 0) is 24.1 Å². The molecular formula is C16H15N3. The third kappa shape index (κ3) is 1.87. The number of nitrogens with one attached hydrogen (secondary N) is 1. The van der Waals surface area contributed by atoms with Crippen LogP contribution in [0.2, 0.25) is 0 Å². The largest absolute Gasteiger partial charge is 0.368 e. The van der Waals surface area contributed by atoms with Crippen molar-refractivity contribution in [3.8, 4) is 0 Å². The molecule has 1 fully saturated rings. The first-order valence-electron chi connectivity index (χ1n) is 6.65. The molecule has 1 N–H and O–H groups in total. The van der Waals surface area contributed by atoms with E-state index < -0.39 is 0 Å². The SMILES string of the molecule is c1ccc(C2CC2Nc2cccc3nccn23)cc1. The second-order valence-electron chi connectivity index (χ2n) is 5.07. The minimum atomic E-state index is 0.537. The van der Waals surface area contributed by atoms with Crippen LogP contribution >= 0.6 is 0 Å². The van der Waals surface area contributed by atoms with Crippen LogP contribution in [0.5, 0.6) is 0 Å². The zero-order valence-corrected chi connectivity index (χ0v) is 10.5. The van der Waals surface area contributed by atoms with Gasteiger partial charge >= 0.3 is 0 Å². The van der Waals surface area contributed by atoms with Crippen molar-refractivity contribution in [2.24, 2.45) is 0 Å². The lowest BCUT2D eigenvalue weighted by Gasteiger charge is -2.08. The van der Waals surface area contributed by atoms with E-state index in [1.165, 1.54) is 12.0 Å². The molecule has 0 saturated heterocycles. The molecule has 2 aromatic heterocycles. The number of hydrogen-bond acceptors (Lipinski definition) is 2. The molecule has 19 heavy (non-hydrogen) atoms. The Morgan fingerprint density at radius 1 is 1.05 bits per heavy atom. The van der Waals surface area contributed by atoms with Gasteiger partial charge in [0.25, 0.3) is 0 Å². The Balaban J connectivity index is 1.56. The molecule has 1 aliphatic rings. The zero-order valence-electron chi connectivity index (χ0n) is 10.5. The predicted molar refractivity (Wildman–Crippen MR) is 76.4 cm³/mol. The highest BCUT2D eigenvalue weighted by atomic mass is 15.1. The van der Waals surface area contributed by atoms with Crippen LogP contribution in [-0.2, 0) is 0 Å². The van der Waals surface area contributed by atoms with E-state index in [4.69, 9.17) is 0 Å². The second kappa shape index (κ2) is 4.12. The summed E-state index contributed by atoms with van der Waals surface area (Å²) < 4.78 is 2.10. The fourth-order valence-corrected chi connectivity index (χ4v) is 2.68. The van der Waals surface area contributed by atoms with Crippen LogP contribution in [0.15, 0.2) is 60.9 Å². The van der Waals surface area contributed by atoms with Gasteiger partial charge in [-0.3, -0.25) is 4.40 Å². The fourth-order valence-electron chi connectivity index (χ4n) is 2.68. The number of imidazole rings is 1. The molecule has 3 aromatic rings. The maximum atomic E-state index is 4.31. The predicted octanol–water partition coefficient (Wildman–Crippen LogP) is 3.30. The number of aromatic nitrogens is 2. The summed E-state index contributed by atoms with van der Waals surface area (Å²) in [6, 6.07) is 17.4. The van der Waals surface area contributed by atoms with Crippen molar-refractivity contribution in [3.63, 3.8) is 0 Å². The van der Waals surface area contributed by atoms with E-state index in [1.54, 1.807) is 0 Å². The van der Waals surface area contributed by atoms with E-state index in [0.29, 0.717) is 12.0 Å². The van der Waals surface area contributed by atoms with Crippen molar-refractivity contribution in [3.05, 3.63) is 66.5 Å². The molecule has 3 nitrogen and oxygen atoms in total. The Hall–Kier alpha value is -2.29. The van der Waals surface area contributed by atoms with E-state index in [9.17, 15) is 0 Å². The van der Waals surface area contributed by atoms with Gasteiger partial charge in [0.2, 0.25) is 0 Å². The fraction of sp³-hybridized carbons (Fsp3) is 0.188. The van der Waals surface area contributed by atoms with E-state index in [0.717, 1.165) is 11.5 Å². The minimum absolute atomic E-state index is 0.537. The molecule has 1 aromatic carbocycles. The van der Waals surface area contributed by atoms with Crippen molar-refractivity contribution in [2.45, 2.75) is 18.4 Å². The van der Waals surface area contributed by atoms with Crippen LogP contribution in [0.3, 0.4) is 0 Å². The summed E-state index contributed by atoms with van der Waals surface area (Å²) in [5.74, 6) is 1.76. The molecule has 2 atom stereocenters. The van der Waals surface area contributed by atoms with Crippen LogP contribution in [-0.4, -0.2) is 15.4 Å². The van der Waals surface area contributed by atoms with Crippen LogP contribution in [0.25, 0.3) is 5.65 Å². The molecule has 1 saturated carbocycles. The number of nitrogens with zero attached hydrogens (tertiary/aromatic N) is 2. The summed E-state index contributed by atoms with van der Waals surface area (Å²) >= 11 is 0. The number of pyridine rings is 1. The topological polar surface area (TPSA) is 29.3 Å². The van der Waals surface area contributed by atoms with Crippen LogP contribution in [0.4, 0.5) is 5.82 Å². The molecule has 0 radical (unpaired) electrons. The Morgan fingerprint density at radius 3 is 2.84 bits per heavy atom. The number of fused-ring (bicyclic) bond motifs is 1. The van der Waals surface area contributed by atoms with Crippen LogP contribution in [0, 0.1) is 0 Å². The van der Waals surface area contributed by atoms with E-state index in [2.05, 4.69) is 51.1 Å². The van der Waals surface area contributed by atoms with Gasteiger partial charge < -0.3 is 5.32 Å². The van der Waals surface area contributed by atoms with Crippen molar-refractivity contribution in [1.82, 2.24) is 9.38 Å². The molecule has 0 spiro atoms. The highest BCUT2D eigenvalue weighted by Crippen LogP contribution is 2.42. The lowest BCUT2D eigenvalue weighted by Crippen LogP contribution is -2.07. The minimum Gasteiger partial charge on any atom is -0.368 e. The molecule has 1 aliphatic carbocycles. The Labute approximate surface area is 111 Å². The van der Waals surface area contributed by atoms with Crippen molar-refractivity contribution < 1.29 is 0 Å². The molecule has 94 valence electrons. The van der Waals surface area contributed by atoms with Gasteiger partial charge in [-0.15, -0.1) is 0 Å². The Kier molecular flexibility index (Phi) is 2.30. The molecule has 0 aliphatic heterocycles. The molecule has 4 rings (SSSR count). The molecule has 2 unspecified atom stereocenters. The first-order valence-corrected chi connectivity index (χ1v) is 6.65. The monoisotopic (exact) mass is 249 g/mol. The van der Waals surface area contributed by atoms with Gasteiger partial charge in [0.15, 0.2) is 0 Å². The molecule has 3 heteroatoms. The van der Waals surface area contributed by atoms with Crippen molar-refractivity contribution in [2.75, 3.05) is 5.32 Å². The summed E-state index contributed by atoms with van der Waals surface area (Å²) in [6.45, 7) is 0. The van der Waals surface area contributed by atoms with Gasteiger partial charge in [-0.2, -0.15) is 0 Å². The van der Waals surface area contributed by atoms with Gasteiger partial charge in [0.05, 0.1) is 0 Å². The third-order valence-electron chi connectivity index (χ3n) is 3.78. The third-order valence-corrected chi connectivity index (χ3v) is 3.78. The maximum absolute atomic E-state index is 4.31. The van der Waals surface area contributed by atoms with Gasteiger partial charge in [0.1, 0.15) is 11.5 Å². The van der Waals surface area contributed by atoms with E-state index >= 15 is 0 Å². The standard InChI is InChI=1S/C16H15N3/c1-2-5-12(6-3-1)13-11-14(13)18-16-8-4-7-15-17-9-10-19(15)16/h1-10,13-14,18H,11H2. The maximum Gasteiger partial charge on any atom is 0.138 e. The lowest BCUT2D eigenvalue weighted by molar-refractivity contribution is 1.02. The van der Waals surface area contributed by atoms with Crippen LogP contribution in [0.1, 0.15) is 17.9 Å². The highest BCUT2D eigenvalue weighted by molar-refractivity contribution is 5.51. The molecule has 0 amide bonds. The molecule has 0 bridgehead atoms. The van der Waals surface area contributed by atoms with Crippen molar-refractivity contribution >= 4 is 11.5 Å². The Morgan fingerprint density at radius 2 is 1.95 bits per heavy atom. The average Bonchev–Trinajstić information content (AvgIpc) is 3.05. The average molecular weight is 249 g/mol. The van der Waals surface area contributed by atoms with E-state index in [-0.39, 0.29) is 0 Å². The molecule has 2 heterocycles. The number of hydrogen-bond donors (Lipinski definition) is 1. The first kappa shape index (κ1) is 10.6. The summed E-state index contributed by atoms with van der Waals surface area (Å²) in [4.78, 5) is 4.31. The van der Waals surface area contributed by atoms with Gasteiger partial charge in [-0.25, -0.2) is 4.98 Å². The van der Waals surface area contributed by atoms with Gasteiger partial charge in [0, 0.05) is 24.4 Å². The summed E-state index contributed by atoms with van der Waals surface area (Å²) in [6.07, 6.45) is 5.04. The van der Waals surface area contributed by atoms with E-state index in [1.807, 2.05) is 24.5 Å².